The normalized spacial score (nSPS) is 10.6. The Hall–Kier alpha value is -0.560. The number of aromatic nitrogens is 1. The number of aromatic amines is 1. The van der Waals surface area contributed by atoms with Crippen LogP contribution in [0.2, 0.25) is 0 Å². The van der Waals surface area contributed by atoms with Gasteiger partial charge in [0.15, 0.2) is 0 Å². The molecular formula is C10H7BrINO2. The number of H-pyrrole nitrogens is 1. The second kappa shape index (κ2) is 4.13. The first-order chi connectivity index (χ1) is 7.15. The molecule has 0 amide bonds. The summed E-state index contributed by atoms with van der Waals surface area (Å²) in [5.41, 5.74) is 1.49. The minimum atomic E-state index is -0.322. The number of benzene rings is 1. The summed E-state index contributed by atoms with van der Waals surface area (Å²) >= 11 is 5.63. The smallest absolute Gasteiger partial charge is 0.340 e. The minimum Gasteiger partial charge on any atom is -0.465 e. The minimum absolute atomic E-state index is 0.322. The van der Waals surface area contributed by atoms with E-state index in [0.29, 0.717) is 5.56 Å². The van der Waals surface area contributed by atoms with Crippen molar-refractivity contribution in [3.05, 3.63) is 31.9 Å². The number of halogens is 2. The van der Waals surface area contributed by atoms with E-state index in [1.807, 2.05) is 12.1 Å². The zero-order valence-electron chi connectivity index (χ0n) is 7.80. The van der Waals surface area contributed by atoms with Crippen molar-refractivity contribution in [1.29, 1.82) is 0 Å². The van der Waals surface area contributed by atoms with Crippen molar-refractivity contribution in [2.24, 2.45) is 0 Å². The van der Waals surface area contributed by atoms with Gasteiger partial charge in [0, 0.05) is 19.6 Å². The average Bonchev–Trinajstić information content (AvgIpc) is 2.68. The summed E-state index contributed by atoms with van der Waals surface area (Å²) in [7, 11) is 1.38. The quantitative estimate of drug-likeness (QED) is 0.610. The van der Waals surface area contributed by atoms with Crippen molar-refractivity contribution in [3.8, 4) is 0 Å². The third-order valence-electron chi connectivity index (χ3n) is 2.14. The lowest BCUT2D eigenvalue weighted by Crippen LogP contribution is -2.00. The lowest BCUT2D eigenvalue weighted by atomic mass is 10.2. The molecule has 2 rings (SSSR count). The van der Waals surface area contributed by atoms with Crippen LogP contribution in [0, 0.1) is 3.57 Å². The van der Waals surface area contributed by atoms with Crippen molar-refractivity contribution in [2.45, 2.75) is 0 Å². The van der Waals surface area contributed by atoms with Crippen LogP contribution in [0.25, 0.3) is 10.9 Å². The highest BCUT2D eigenvalue weighted by Gasteiger charge is 2.15. The standard InChI is InChI=1S/C10H7BrINO2/c1-15-10(14)5-4-13-9-6(11)2-3-7(12)8(5)9/h2-4,13H,1H3. The van der Waals surface area contributed by atoms with Gasteiger partial charge < -0.3 is 9.72 Å². The molecule has 0 aliphatic heterocycles. The van der Waals surface area contributed by atoms with Crippen LogP contribution in [0.5, 0.6) is 0 Å². The Labute approximate surface area is 108 Å². The molecule has 0 aliphatic carbocycles. The number of ether oxygens (including phenoxy) is 1. The molecule has 1 aromatic heterocycles. The van der Waals surface area contributed by atoms with Gasteiger partial charge in [-0.3, -0.25) is 0 Å². The Morgan fingerprint density at radius 2 is 2.27 bits per heavy atom. The number of rotatable bonds is 1. The molecule has 2 aromatic rings. The number of esters is 1. The zero-order valence-corrected chi connectivity index (χ0v) is 11.5. The number of carbonyl (C=O) groups is 1. The van der Waals surface area contributed by atoms with Crippen molar-refractivity contribution < 1.29 is 9.53 Å². The Bertz CT molecular complexity index is 535. The van der Waals surface area contributed by atoms with E-state index in [2.05, 4.69) is 43.5 Å². The van der Waals surface area contributed by atoms with Gasteiger partial charge in [0.2, 0.25) is 0 Å². The van der Waals surface area contributed by atoms with Crippen molar-refractivity contribution in [3.63, 3.8) is 0 Å². The molecule has 0 aliphatic rings. The Morgan fingerprint density at radius 1 is 1.53 bits per heavy atom. The third kappa shape index (κ3) is 1.78. The summed E-state index contributed by atoms with van der Waals surface area (Å²) in [6.45, 7) is 0. The van der Waals surface area contributed by atoms with Crippen LogP contribution < -0.4 is 0 Å². The lowest BCUT2D eigenvalue weighted by Gasteiger charge is -2.00. The van der Waals surface area contributed by atoms with Gasteiger partial charge in [-0.25, -0.2) is 4.79 Å². The summed E-state index contributed by atoms with van der Waals surface area (Å²) < 4.78 is 6.68. The van der Waals surface area contributed by atoms with Crippen LogP contribution in [-0.2, 0) is 4.74 Å². The molecule has 1 aromatic carbocycles. The molecule has 0 saturated carbocycles. The first kappa shape index (κ1) is 10.9. The van der Waals surface area contributed by atoms with E-state index >= 15 is 0 Å². The Balaban J connectivity index is 2.79. The summed E-state index contributed by atoms with van der Waals surface area (Å²) in [6.07, 6.45) is 1.67. The van der Waals surface area contributed by atoms with Gasteiger partial charge in [-0.1, -0.05) is 0 Å². The van der Waals surface area contributed by atoms with Gasteiger partial charge in [-0.05, 0) is 50.7 Å². The fourth-order valence-electron chi connectivity index (χ4n) is 1.44. The van der Waals surface area contributed by atoms with E-state index < -0.39 is 0 Å². The molecule has 0 radical (unpaired) electrons. The van der Waals surface area contributed by atoms with E-state index in [4.69, 9.17) is 4.74 Å². The molecule has 0 fully saturated rings. The predicted molar refractivity (Wildman–Crippen MR) is 70.1 cm³/mol. The largest absolute Gasteiger partial charge is 0.465 e. The van der Waals surface area contributed by atoms with Crippen LogP contribution in [0.15, 0.2) is 22.8 Å². The fourth-order valence-corrected chi connectivity index (χ4v) is 2.63. The van der Waals surface area contributed by atoms with Gasteiger partial charge in [-0.2, -0.15) is 0 Å². The molecule has 1 heterocycles. The van der Waals surface area contributed by atoms with Crippen LogP contribution in [0.4, 0.5) is 0 Å². The number of methoxy groups -OCH3 is 1. The second-order valence-corrected chi connectivity index (χ2v) is 4.99. The molecule has 0 atom stereocenters. The fraction of sp³-hybridized carbons (Fsp3) is 0.100. The summed E-state index contributed by atoms with van der Waals surface area (Å²) in [5.74, 6) is -0.322. The number of hydrogen-bond acceptors (Lipinski definition) is 2. The van der Waals surface area contributed by atoms with E-state index in [-0.39, 0.29) is 5.97 Å². The van der Waals surface area contributed by atoms with Crippen LogP contribution in [0.1, 0.15) is 10.4 Å². The Morgan fingerprint density at radius 3 is 2.93 bits per heavy atom. The summed E-state index contributed by atoms with van der Waals surface area (Å²) in [6, 6.07) is 3.90. The average molecular weight is 380 g/mol. The van der Waals surface area contributed by atoms with E-state index in [1.54, 1.807) is 6.20 Å². The highest BCUT2D eigenvalue weighted by atomic mass is 127. The molecule has 78 valence electrons. The molecule has 0 unspecified atom stereocenters. The zero-order chi connectivity index (χ0) is 11.0. The van der Waals surface area contributed by atoms with Crippen molar-refractivity contribution in [2.75, 3.05) is 7.11 Å². The van der Waals surface area contributed by atoms with Gasteiger partial charge in [0.05, 0.1) is 18.2 Å². The van der Waals surface area contributed by atoms with Gasteiger partial charge in [0.1, 0.15) is 0 Å². The Kier molecular flexibility index (Phi) is 3.01. The molecule has 5 heteroatoms. The van der Waals surface area contributed by atoms with Crippen LogP contribution in [-0.4, -0.2) is 18.1 Å². The number of hydrogen-bond donors (Lipinski definition) is 1. The van der Waals surface area contributed by atoms with E-state index in [0.717, 1.165) is 18.9 Å². The number of carbonyl (C=O) groups excluding carboxylic acids is 1. The maximum atomic E-state index is 11.5. The van der Waals surface area contributed by atoms with Crippen molar-refractivity contribution in [1.82, 2.24) is 4.98 Å². The van der Waals surface area contributed by atoms with Crippen LogP contribution >= 0.6 is 38.5 Å². The predicted octanol–water partition coefficient (Wildman–Crippen LogP) is 3.32. The van der Waals surface area contributed by atoms with Gasteiger partial charge in [0.25, 0.3) is 0 Å². The first-order valence-corrected chi connectivity index (χ1v) is 6.05. The second-order valence-electron chi connectivity index (χ2n) is 2.97. The molecular weight excluding hydrogens is 373 g/mol. The molecule has 15 heavy (non-hydrogen) atoms. The number of fused-ring (bicyclic) bond motifs is 1. The topological polar surface area (TPSA) is 42.1 Å². The van der Waals surface area contributed by atoms with Gasteiger partial charge >= 0.3 is 5.97 Å². The van der Waals surface area contributed by atoms with Crippen LogP contribution in [0.3, 0.4) is 0 Å². The third-order valence-corrected chi connectivity index (χ3v) is 3.70. The highest BCUT2D eigenvalue weighted by molar-refractivity contribution is 14.1. The SMILES string of the molecule is COC(=O)c1c[nH]c2c(Br)ccc(I)c12. The van der Waals surface area contributed by atoms with E-state index in [9.17, 15) is 4.79 Å². The summed E-state index contributed by atoms with van der Waals surface area (Å²) in [5, 5.41) is 0.900. The number of nitrogens with one attached hydrogen (secondary N) is 1. The molecule has 0 saturated heterocycles. The summed E-state index contributed by atoms with van der Waals surface area (Å²) in [4.78, 5) is 14.6. The maximum Gasteiger partial charge on any atom is 0.340 e. The monoisotopic (exact) mass is 379 g/mol. The van der Waals surface area contributed by atoms with Crippen molar-refractivity contribution >= 4 is 55.4 Å². The molecule has 0 bridgehead atoms. The van der Waals surface area contributed by atoms with Gasteiger partial charge in [-0.15, -0.1) is 0 Å². The molecule has 3 nitrogen and oxygen atoms in total. The highest BCUT2D eigenvalue weighted by Crippen LogP contribution is 2.30. The first-order valence-electron chi connectivity index (χ1n) is 4.18. The maximum absolute atomic E-state index is 11.5. The molecule has 1 N–H and O–H groups in total. The lowest BCUT2D eigenvalue weighted by molar-refractivity contribution is 0.0603. The molecule has 0 spiro atoms. The van der Waals surface area contributed by atoms with E-state index in [1.165, 1.54) is 7.11 Å².